The molecular weight excluding hydrogens is 428 g/mol. The third kappa shape index (κ3) is 3.97. The summed E-state index contributed by atoms with van der Waals surface area (Å²) in [6.07, 6.45) is 2.00. The van der Waals surface area contributed by atoms with E-state index in [1.165, 1.54) is 40.7 Å². The van der Waals surface area contributed by atoms with E-state index in [4.69, 9.17) is 5.84 Å². The summed E-state index contributed by atoms with van der Waals surface area (Å²) in [5, 5.41) is 10.2. The number of hydrogen-bond acceptors (Lipinski definition) is 4. The van der Waals surface area contributed by atoms with Crippen molar-refractivity contribution in [1.82, 2.24) is 19.4 Å². The molecule has 5 aromatic rings. The maximum Gasteiger partial charge on any atom is 0.210 e. The van der Waals surface area contributed by atoms with Crippen LogP contribution in [0.25, 0.3) is 22.3 Å². The van der Waals surface area contributed by atoms with Gasteiger partial charge in [-0.2, -0.15) is 0 Å². The topological polar surface area (TPSA) is 61.7 Å². The van der Waals surface area contributed by atoms with Gasteiger partial charge in [0.1, 0.15) is 11.6 Å². The standard InChI is InChI=1S/C24H19F2N5S/c25-18-9-5-16(6-10-18)13-30-14-21(20-3-1-2-4-22(20)30)23-28-29-24(31(23)27)32-15-17-7-11-19(26)12-8-17/h1-12,14H,13,15,27H2. The van der Waals surface area contributed by atoms with Crippen LogP contribution >= 0.6 is 11.8 Å². The normalized spacial score (nSPS) is 11.3. The molecule has 0 amide bonds. The first-order chi connectivity index (χ1) is 15.6. The van der Waals surface area contributed by atoms with Crippen LogP contribution in [-0.2, 0) is 12.3 Å². The minimum Gasteiger partial charge on any atom is -0.342 e. The van der Waals surface area contributed by atoms with E-state index in [-0.39, 0.29) is 11.6 Å². The van der Waals surface area contributed by atoms with Crippen LogP contribution in [0.4, 0.5) is 8.78 Å². The zero-order valence-corrected chi connectivity index (χ0v) is 17.8. The first kappa shape index (κ1) is 20.3. The molecule has 0 saturated heterocycles. The first-order valence-electron chi connectivity index (χ1n) is 9.99. The molecule has 2 N–H and O–H groups in total. The van der Waals surface area contributed by atoms with Crippen molar-refractivity contribution in [1.29, 1.82) is 0 Å². The van der Waals surface area contributed by atoms with Crippen molar-refractivity contribution in [2.24, 2.45) is 0 Å². The highest BCUT2D eigenvalue weighted by Crippen LogP contribution is 2.31. The predicted molar refractivity (Wildman–Crippen MR) is 123 cm³/mol. The third-order valence-electron chi connectivity index (χ3n) is 5.24. The SMILES string of the molecule is Nn1c(SCc2ccc(F)cc2)nnc1-c1cn(Cc2ccc(F)cc2)c2ccccc12. The molecule has 2 aromatic heterocycles. The highest BCUT2D eigenvalue weighted by Gasteiger charge is 2.18. The molecule has 8 heteroatoms. The molecule has 0 bridgehead atoms. The molecule has 2 heterocycles. The van der Waals surface area contributed by atoms with E-state index in [0.717, 1.165) is 27.6 Å². The largest absolute Gasteiger partial charge is 0.342 e. The molecule has 0 fully saturated rings. The molecule has 0 saturated carbocycles. The van der Waals surface area contributed by atoms with Crippen molar-refractivity contribution < 1.29 is 8.78 Å². The average Bonchev–Trinajstić information content (AvgIpc) is 3.35. The van der Waals surface area contributed by atoms with Crippen LogP contribution in [0.15, 0.2) is 84.1 Å². The number of nitrogens with zero attached hydrogens (tertiary/aromatic N) is 4. The van der Waals surface area contributed by atoms with Gasteiger partial charge in [0.15, 0.2) is 5.82 Å². The molecule has 0 unspecified atom stereocenters. The summed E-state index contributed by atoms with van der Waals surface area (Å²) >= 11 is 1.44. The van der Waals surface area contributed by atoms with Gasteiger partial charge in [-0.15, -0.1) is 10.2 Å². The zero-order chi connectivity index (χ0) is 22.1. The summed E-state index contributed by atoms with van der Waals surface area (Å²) in [4.78, 5) is 0. The maximum atomic E-state index is 13.3. The van der Waals surface area contributed by atoms with Crippen LogP contribution in [0.3, 0.4) is 0 Å². The molecule has 0 aliphatic heterocycles. The fraction of sp³-hybridized carbons (Fsp3) is 0.0833. The van der Waals surface area contributed by atoms with Crippen LogP contribution in [0.5, 0.6) is 0 Å². The number of fused-ring (bicyclic) bond motifs is 1. The maximum absolute atomic E-state index is 13.3. The number of thioether (sulfide) groups is 1. The van der Waals surface area contributed by atoms with Gasteiger partial charge in [0, 0.05) is 35.0 Å². The number of hydrogen-bond donors (Lipinski definition) is 1. The van der Waals surface area contributed by atoms with Gasteiger partial charge in [0.05, 0.1) is 0 Å². The van der Waals surface area contributed by atoms with E-state index in [0.29, 0.717) is 23.3 Å². The number of rotatable bonds is 6. The monoisotopic (exact) mass is 447 g/mol. The van der Waals surface area contributed by atoms with E-state index in [1.807, 2.05) is 30.5 Å². The fourth-order valence-electron chi connectivity index (χ4n) is 3.63. The number of benzene rings is 3. The Morgan fingerprint density at radius 2 is 1.47 bits per heavy atom. The van der Waals surface area contributed by atoms with Crippen LogP contribution in [0, 0.1) is 11.6 Å². The number of para-hydroxylation sites is 1. The quantitative estimate of drug-likeness (QED) is 0.286. The minimum atomic E-state index is -0.264. The second kappa shape index (κ2) is 8.47. The van der Waals surface area contributed by atoms with Crippen molar-refractivity contribution in [3.63, 3.8) is 0 Å². The molecule has 160 valence electrons. The second-order valence-electron chi connectivity index (χ2n) is 7.41. The number of nitrogen functional groups attached to an aromatic ring is 1. The van der Waals surface area contributed by atoms with Gasteiger partial charge in [-0.1, -0.05) is 54.2 Å². The smallest absolute Gasteiger partial charge is 0.210 e. The lowest BCUT2D eigenvalue weighted by Crippen LogP contribution is -2.11. The Kier molecular flexibility index (Phi) is 5.36. The number of halogens is 2. The molecule has 0 spiro atoms. The molecule has 0 aliphatic carbocycles. The Labute approximate surface area is 187 Å². The zero-order valence-electron chi connectivity index (χ0n) is 17.0. The Morgan fingerprint density at radius 1 is 0.812 bits per heavy atom. The fourth-order valence-corrected chi connectivity index (χ4v) is 4.44. The van der Waals surface area contributed by atoms with Crippen LogP contribution in [0.1, 0.15) is 11.1 Å². The van der Waals surface area contributed by atoms with Crippen LogP contribution in [-0.4, -0.2) is 19.4 Å². The molecule has 3 aromatic carbocycles. The Bertz CT molecular complexity index is 1370. The summed E-state index contributed by atoms with van der Waals surface area (Å²) in [5.41, 5.74) is 3.85. The summed E-state index contributed by atoms with van der Waals surface area (Å²) in [6.45, 7) is 0.589. The molecule has 0 aliphatic rings. The third-order valence-corrected chi connectivity index (χ3v) is 6.26. The van der Waals surface area contributed by atoms with Crippen molar-refractivity contribution >= 4 is 22.7 Å². The minimum absolute atomic E-state index is 0.256. The predicted octanol–water partition coefficient (Wildman–Crippen LogP) is 5.23. The van der Waals surface area contributed by atoms with Crippen molar-refractivity contribution in [3.8, 4) is 11.4 Å². The molecule has 5 rings (SSSR count). The molecule has 5 nitrogen and oxygen atoms in total. The lowest BCUT2D eigenvalue weighted by atomic mass is 10.1. The van der Waals surface area contributed by atoms with Gasteiger partial charge >= 0.3 is 0 Å². The van der Waals surface area contributed by atoms with Crippen molar-refractivity contribution in [2.45, 2.75) is 17.5 Å². The number of aromatic nitrogens is 4. The Morgan fingerprint density at radius 3 is 2.19 bits per heavy atom. The van der Waals surface area contributed by atoms with Gasteiger partial charge in [-0.05, 0) is 41.5 Å². The Balaban J connectivity index is 1.45. The van der Waals surface area contributed by atoms with Gasteiger partial charge < -0.3 is 10.4 Å². The van der Waals surface area contributed by atoms with Crippen molar-refractivity contribution in [2.75, 3.05) is 5.84 Å². The number of nitrogens with two attached hydrogens (primary N) is 1. The first-order valence-corrected chi connectivity index (χ1v) is 11.0. The van der Waals surface area contributed by atoms with Crippen molar-refractivity contribution in [3.05, 3.63) is 102 Å². The molecule has 32 heavy (non-hydrogen) atoms. The summed E-state index contributed by atoms with van der Waals surface area (Å²) < 4.78 is 30.0. The van der Waals surface area contributed by atoms with Crippen LogP contribution < -0.4 is 5.84 Å². The van der Waals surface area contributed by atoms with E-state index in [1.54, 1.807) is 24.3 Å². The summed E-state index contributed by atoms with van der Waals surface area (Å²) in [7, 11) is 0. The Hall–Kier alpha value is -3.65. The lowest BCUT2D eigenvalue weighted by Gasteiger charge is -2.05. The van der Waals surface area contributed by atoms with E-state index in [2.05, 4.69) is 14.8 Å². The van der Waals surface area contributed by atoms with E-state index < -0.39 is 0 Å². The van der Waals surface area contributed by atoms with Crippen LogP contribution in [0.2, 0.25) is 0 Å². The average molecular weight is 448 g/mol. The van der Waals surface area contributed by atoms with E-state index in [9.17, 15) is 8.78 Å². The lowest BCUT2D eigenvalue weighted by molar-refractivity contribution is 0.626. The molecule has 0 atom stereocenters. The summed E-state index contributed by atoms with van der Waals surface area (Å²) in [6, 6.07) is 20.8. The van der Waals surface area contributed by atoms with Gasteiger partial charge in [0.2, 0.25) is 5.16 Å². The van der Waals surface area contributed by atoms with Gasteiger partial charge in [-0.3, -0.25) is 0 Å². The van der Waals surface area contributed by atoms with Gasteiger partial charge in [0.25, 0.3) is 0 Å². The second-order valence-corrected chi connectivity index (χ2v) is 8.35. The van der Waals surface area contributed by atoms with Gasteiger partial charge in [-0.25, -0.2) is 13.5 Å². The molecular formula is C24H19F2N5S. The molecule has 0 radical (unpaired) electrons. The highest BCUT2D eigenvalue weighted by molar-refractivity contribution is 7.98. The highest BCUT2D eigenvalue weighted by atomic mass is 32.2. The summed E-state index contributed by atoms with van der Waals surface area (Å²) in [5.74, 6) is 6.99. The van der Waals surface area contributed by atoms with E-state index >= 15 is 0 Å².